The Labute approximate surface area is 135 Å². The minimum atomic E-state index is 0.0635. The maximum atomic E-state index is 5.84. The predicted octanol–water partition coefficient (Wildman–Crippen LogP) is 3.84. The van der Waals surface area contributed by atoms with Crippen molar-refractivity contribution in [1.82, 2.24) is 10.4 Å². The number of aryl methyl sites for hydroxylation is 1. The number of nitrogens with zero attached hydrogens (tertiary/aromatic N) is 1. The zero-order valence-electron chi connectivity index (χ0n) is 10.8. The van der Waals surface area contributed by atoms with Gasteiger partial charge in [-0.15, -0.1) is 0 Å². The maximum absolute atomic E-state index is 5.84. The van der Waals surface area contributed by atoms with Crippen molar-refractivity contribution < 1.29 is 0 Å². The van der Waals surface area contributed by atoms with Gasteiger partial charge in [0.05, 0.1) is 6.04 Å². The first-order chi connectivity index (χ1) is 9.70. The highest BCUT2D eigenvalue weighted by molar-refractivity contribution is 9.11. The molecule has 0 saturated carbocycles. The third kappa shape index (κ3) is 2.55. The van der Waals surface area contributed by atoms with E-state index in [9.17, 15) is 0 Å². The van der Waals surface area contributed by atoms with E-state index >= 15 is 0 Å². The Morgan fingerprint density at radius 3 is 2.90 bits per heavy atom. The van der Waals surface area contributed by atoms with E-state index in [2.05, 4.69) is 54.4 Å². The van der Waals surface area contributed by atoms with Crippen LogP contribution in [0.1, 0.15) is 35.2 Å². The van der Waals surface area contributed by atoms with Gasteiger partial charge in [0, 0.05) is 26.8 Å². The topological polar surface area (TPSA) is 50.9 Å². The van der Waals surface area contributed by atoms with E-state index in [1.165, 1.54) is 16.8 Å². The highest BCUT2D eigenvalue weighted by Gasteiger charge is 2.32. The fraction of sp³-hybridized carbons (Fsp3) is 0.267. The maximum Gasteiger partial charge on any atom is 0.0554 e. The highest BCUT2D eigenvalue weighted by atomic mass is 79.9. The molecule has 0 fully saturated rings. The van der Waals surface area contributed by atoms with Crippen molar-refractivity contribution >= 4 is 31.9 Å². The van der Waals surface area contributed by atoms with Crippen molar-refractivity contribution in [3.05, 3.63) is 62.3 Å². The lowest BCUT2D eigenvalue weighted by Gasteiger charge is -2.24. The molecule has 0 spiro atoms. The van der Waals surface area contributed by atoms with E-state index < -0.39 is 0 Å². The van der Waals surface area contributed by atoms with Crippen molar-refractivity contribution in [2.24, 2.45) is 5.84 Å². The SMILES string of the molecule is NNC(c1ccc(Br)cc1Br)C1CCc2cccnc21. The third-order valence-corrected chi connectivity index (χ3v) is 5.06. The van der Waals surface area contributed by atoms with E-state index in [0.717, 1.165) is 21.8 Å². The molecule has 0 amide bonds. The number of halogens is 2. The number of benzene rings is 1. The molecular weight excluding hydrogens is 382 g/mol. The normalized spacial score (nSPS) is 18.9. The van der Waals surface area contributed by atoms with Crippen LogP contribution in [0.3, 0.4) is 0 Å². The van der Waals surface area contributed by atoms with E-state index in [1.807, 2.05) is 24.4 Å². The van der Waals surface area contributed by atoms with Crippen molar-refractivity contribution in [1.29, 1.82) is 0 Å². The Bertz CT molecular complexity index is 630. The summed E-state index contributed by atoms with van der Waals surface area (Å²) in [4.78, 5) is 4.56. The largest absolute Gasteiger partial charge is 0.271 e. The number of nitrogens with two attached hydrogens (primary N) is 1. The highest BCUT2D eigenvalue weighted by Crippen LogP contribution is 2.42. The van der Waals surface area contributed by atoms with Crippen LogP contribution in [0.25, 0.3) is 0 Å². The molecule has 0 bridgehead atoms. The van der Waals surface area contributed by atoms with Crippen LogP contribution in [0.5, 0.6) is 0 Å². The van der Waals surface area contributed by atoms with Crippen molar-refractivity contribution in [2.45, 2.75) is 24.8 Å². The van der Waals surface area contributed by atoms with Gasteiger partial charge in [0.15, 0.2) is 0 Å². The number of hydrogen-bond acceptors (Lipinski definition) is 3. The number of fused-ring (bicyclic) bond motifs is 1. The van der Waals surface area contributed by atoms with Crippen LogP contribution in [0.4, 0.5) is 0 Å². The second kappa shape index (κ2) is 5.93. The van der Waals surface area contributed by atoms with Crippen LogP contribution in [0.2, 0.25) is 0 Å². The van der Waals surface area contributed by atoms with Gasteiger partial charge in [-0.1, -0.05) is 44.0 Å². The number of hydrogen-bond donors (Lipinski definition) is 2. The standard InChI is InChI=1S/C15H15Br2N3/c16-10-4-6-11(13(17)8-10)15(20-18)12-5-3-9-2-1-7-19-14(9)12/h1-2,4,6-8,12,15,20H,3,5,18H2. The van der Waals surface area contributed by atoms with Gasteiger partial charge in [-0.25, -0.2) is 0 Å². The van der Waals surface area contributed by atoms with Crippen LogP contribution < -0.4 is 11.3 Å². The molecule has 20 heavy (non-hydrogen) atoms. The molecule has 2 atom stereocenters. The number of aromatic nitrogens is 1. The summed E-state index contributed by atoms with van der Waals surface area (Å²) in [6.45, 7) is 0. The number of rotatable bonds is 3. The van der Waals surface area contributed by atoms with E-state index in [0.29, 0.717) is 5.92 Å². The molecule has 0 radical (unpaired) electrons. The second-order valence-electron chi connectivity index (χ2n) is 5.00. The van der Waals surface area contributed by atoms with Gasteiger partial charge in [-0.05, 0) is 42.2 Å². The molecule has 3 N–H and O–H groups in total. The molecule has 0 saturated heterocycles. The summed E-state index contributed by atoms with van der Waals surface area (Å²) in [6, 6.07) is 10.4. The first-order valence-electron chi connectivity index (χ1n) is 6.55. The summed E-state index contributed by atoms with van der Waals surface area (Å²) < 4.78 is 2.10. The van der Waals surface area contributed by atoms with Gasteiger partial charge in [0.1, 0.15) is 0 Å². The Kier molecular flexibility index (Phi) is 4.21. The summed E-state index contributed by atoms with van der Waals surface area (Å²) in [5, 5.41) is 0. The molecule has 2 aromatic rings. The molecule has 1 heterocycles. The zero-order chi connectivity index (χ0) is 14.1. The van der Waals surface area contributed by atoms with Crippen LogP contribution in [0, 0.1) is 0 Å². The van der Waals surface area contributed by atoms with Crippen LogP contribution in [-0.4, -0.2) is 4.98 Å². The first-order valence-corrected chi connectivity index (χ1v) is 8.14. The summed E-state index contributed by atoms with van der Waals surface area (Å²) in [6.07, 6.45) is 4.01. The average molecular weight is 397 g/mol. The van der Waals surface area contributed by atoms with Gasteiger partial charge in [0.2, 0.25) is 0 Å². The molecule has 1 aliphatic rings. The molecule has 1 aliphatic carbocycles. The van der Waals surface area contributed by atoms with Crippen molar-refractivity contribution in [3.8, 4) is 0 Å². The van der Waals surface area contributed by atoms with Crippen LogP contribution >= 0.6 is 31.9 Å². The minimum Gasteiger partial charge on any atom is -0.271 e. The quantitative estimate of drug-likeness (QED) is 0.612. The smallest absolute Gasteiger partial charge is 0.0554 e. The molecule has 2 unspecified atom stereocenters. The van der Waals surface area contributed by atoms with Gasteiger partial charge in [-0.3, -0.25) is 16.3 Å². The van der Waals surface area contributed by atoms with Gasteiger partial charge >= 0.3 is 0 Å². The van der Waals surface area contributed by atoms with Crippen molar-refractivity contribution in [2.75, 3.05) is 0 Å². The molecule has 3 rings (SSSR count). The fourth-order valence-electron chi connectivity index (χ4n) is 2.94. The summed E-state index contributed by atoms with van der Waals surface area (Å²) in [7, 11) is 0. The van der Waals surface area contributed by atoms with Gasteiger partial charge in [0.25, 0.3) is 0 Å². The number of nitrogens with one attached hydrogen (secondary N) is 1. The Balaban J connectivity index is 1.99. The van der Waals surface area contributed by atoms with Crippen LogP contribution in [0.15, 0.2) is 45.5 Å². The van der Waals surface area contributed by atoms with Gasteiger partial charge in [-0.2, -0.15) is 0 Å². The molecule has 104 valence electrons. The Morgan fingerprint density at radius 2 is 2.15 bits per heavy atom. The monoisotopic (exact) mass is 395 g/mol. The molecule has 0 aliphatic heterocycles. The first kappa shape index (κ1) is 14.2. The average Bonchev–Trinajstić information content (AvgIpc) is 2.86. The molecule has 5 heteroatoms. The lowest BCUT2D eigenvalue weighted by Crippen LogP contribution is -2.32. The summed E-state index contributed by atoms with van der Waals surface area (Å²) in [5.41, 5.74) is 6.65. The summed E-state index contributed by atoms with van der Waals surface area (Å²) >= 11 is 7.11. The molecule has 1 aromatic heterocycles. The molecule has 1 aromatic carbocycles. The van der Waals surface area contributed by atoms with E-state index in [1.54, 1.807) is 0 Å². The number of hydrazine groups is 1. The minimum absolute atomic E-state index is 0.0635. The fourth-order valence-corrected chi connectivity index (χ4v) is 4.24. The molecular formula is C15H15Br2N3. The Morgan fingerprint density at radius 1 is 1.30 bits per heavy atom. The van der Waals surface area contributed by atoms with Crippen molar-refractivity contribution in [3.63, 3.8) is 0 Å². The van der Waals surface area contributed by atoms with E-state index in [4.69, 9.17) is 5.84 Å². The summed E-state index contributed by atoms with van der Waals surface area (Å²) in [5.74, 6) is 6.15. The third-order valence-electron chi connectivity index (χ3n) is 3.88. The molecule has 3 nitrogen and oxygen atoms in total. The predicted molar refractivity (Wildman–Crippen MR) is 87.2 cm³/mol. The number of pyridine rings is 1. The van der Waals surface area contributed by atoms with Gasteiger partial charge < -0.3 is 0 Å². The zero-order valence-corrected chi connectivity index (χ0v) is 14.0. The lowest BCUT2D eigenvalue weighted by molar-refractivity contribution is 0.445. The van der Waals surface area contributed by atoms with Crippen LogP contribution in [-0.2, 0) is 6.42 Å². The van der Waals surface area contributed by atoms with E-state index in [-0.39, 0.29) is 6.04 Å². The second-order valence-corrected chi connectivity index (χ2v) is 6.77. The lowest BCUT2D eigenvalue weighted by atomic mass is 9.91. The Hall–Kier alpha value is -0.750.